The van der Waals surface area contributed by atoms with Crippen molar-refractivity contribution in [2.75, 3.05) is 18.6 Å². The molecule has 0 aliphatic carbocycles. The fourth-order valence-electron chi connectivity index (χ4n) is 3.56. The molecule has 3 aromatic rings. The Balaban J connectivity index is 1.68. The van der Waals surface area contributed by atoms with Crippen LogP contribution in [0.15, 0.2) is 48.5 Å². The fraction of sp³-hybridized carbons (Fsp3) is 0.238. The van der Waals surface area contributed by atoms with Crippen molar-refractivity contribution in [3.63, 3.8) is 0 Å². The summed E-state index contributed by atoms with van der Waals surface area (Å²) in [6.07, 6.45) is 0.870. The molecule has 1 aromatic heterocycles. The van der Waals surface area contributed by atoms with Gasteiger partial charge in [0.15, 0.2) is 5.82 Å². The highest BCUT2D eigenvalue weighted by Crippen LogP contribution is 2.31. The SMILES string of the molecule is COc1cccc2c1CCN(c1cc(C)nc(-c3cccc([N+](=O)[O-])c3)n1)C2. The summed E-state index contributed by atoms with van der Waals surface area (Å²) >= 11 is 0. The quantitative estimate of drug-likeness (QED) is 0.507. The summed E-state index contributed by atoms with van der Waals surface area (Å²) in [5.74, 6) is 2.24. The molecule has 0 spiro atoms. The van der Waals surface area contributed by atoms with Crippen molar-refractivity contribution in [3.8, 4) is 17.1 Å². The number of ether oxygens (including phenoxy) is 1. The normalized spacial score (nSPS) is 13.1. The minimum absolute atomic E-state index is 0.0307. The molecule has 4 rings (SSSR count). The number of hydrogen-bond acceptors (Lipinski definition) is 6. The highest BCUT2D eigenvalue weighted by molar-refractivity contribution is 5.61. The number of rotatable bonds is 4. The van der Waals surface area contributed by atoms with Crippen molar-refractivity contribution in [1.82, 2.24) is 9.97 Å². The zero-order chi connectivity index (χ0) is 19.7. The Morgan fingerprint density at radius 3 is 2.75 bits per heavy atom. The third-order valence-corrected chi connectivity index (χ3v) is 4.92. The molecule has 0 radical (unpaired) electrons. The highest BCUT2D eigenvalue weighted by Gasteiger charge is 2.21. The summed E-state index contributed by atoms with van der Waals surface area (Å²) in [7, 11) is 1.70. The van der Waals surface area contributed by atoms with E-state index in [9.17, 15) is 10.1 Å². The van der Waals surface area contributed by atoms with E-state index in [-0.39, 0.29) is 5.69 Å². The Hall–Kier alpha value is -3.48. The third-order valence-electron chi connectivity index (χ3n) is 4.92. The summed E-state index contributed by atoms with van der Waals surface area (Å²) in [5, 5.41) is 11.1. The molecule has 0 N–H and O–H groups in total. The molecular weight excluding hydrogens is 356 g/mol. The maximum absolute atomic E-state index is 11.1. The highest BCUT2D eigenvalue weighted by atomic mass is 16.6. The molecule has 0 bridgehead atoms. The van der Waals surface area contributed by atoms with Crippen LogP contribution in [-0.2, 0) is 13.0 Å². The van der Waals surface area contributed by atoms with Crippen LogP contribution >= 0.6 is 0 Å². The van der Waals surface area contributed by atoms with Crippen molar-refractivity contribution in [2.45, 2.75) is 19.9 Å². The lowest BCUT2D eigenvalue weighted by Gasteiger charge is -2.31. The summed E-state index contributed by atoms with van der Waals surface area (Å²) in [4.78, 5) is 22.1. The summed E-state index contributed by atoms with van der Waals surface area (Å²) in [6, 6.07) is 14.5. The van der Waals surface area contributed by atoms with E-state index in [1.807, 2.05) is 25.1 Å². The number of anilines is 1. The number of fused-ring (bicyclic) bond motifs is 1. The van der Waals surface area contributed by atoms with Gasteiger partial charge in [-0.15, -0.1) is 0 Å². The molecule has 1 aliphatic heterocycles. The molecule has 0 atom stereocenters. The van der Waals surface area contributed by atoms with E-state index in [0.717, 1.165) is 36.8 Å². The number of non-ortho nitro benzene ring substituents is 1. The number of nitro groups is 1. The van der Waals surface area contributed by atoms with Crippen LogP contribution in [0.2, 0.25) is 0 Å². The van der Waals surface area contributed by atoms with Crippen LogP contribution in [0.25, 0.3) is 11.4 Å². The number of methoxy groups -OCH3 is 1. The van der Waals surface area contributed by atoms with Gasteiger partial charge in [0.25, 0.3) is 5.69 Å². The molecule has 142 valence electrons. The molecule has 0 fully saturated rings. The number of hydrogen-bond donors (Lipinski definition) is 0. The van der Waals surface area contributed by atoms with E-state index in [1.54, 1.807) is 19.2 Å². The minimum atomic E-state index is -0.408. The topological polar surface area (TPSA) is 81.4 Å². The van der Waals surface area contributed by atoms with E-state index < -0.39 is 4.92 Å². The standard InChI is InChI=1S/C21H20N4O3/c1-14-11-20(23-21(22-14)15-5-3-7-17(12-15)25(26)27)24-10-9-18-16(13-24)6-4-8-19(18)28-2/h3-8,11-12H,9-10,13H2,1-2H3. The molecule has 1 aliphatic rings. The first-order valence-electron chi connectivity index (χ1n) is 9.05. The van der Waals surface area contributed by atoms with E-state index in [1.165, 1.54) is 23.3 Å². The fourth-order valence-corrected chi connectivity index (χ4v) is 3.56. The zero-order valence-electron chi connectivity index (χ0n) is 15.8. The predicted octanol–water partition coefficient (Wildman–Crippen LogP) is 3.93. The average molecular weight is 376 g/mol. The molecule has 2 heterocycles. The predicted molar refractivity (Wildman–Crippen MR) is 107 cm³/mol. The summed E-state index contributed by atoms with van der Waals surface area (Å²) in [6.45, 7) is 3.46. The first kappa shape index (κ1) is 17.9. The van der Waals surface area contributed by atoms with Crippen molar-refractivity contribution < 1.29 is 9.66 Å². The smallest absolute Gasteiger partial charge is 0.270 e. The van der Waals surface area contributed by atoms with Gasteiger partial charge in [-0.3, -0.25) is 10.1 Å². The number of aromatic nitrogens is 2. The average Bonchev–Trinajstić information content (AvgIpc) is 2.72. The van der Waals surface area contributed by atoms with Crippen molar-refractivity contribution in [3.05, 3.63) is 75.5 Å². The number of benzene rings is 2. The van der Waals surface area contributed by atoms with Crippen LogP contribution in [-0.4, -0.2) is 28.5 Å². The van der Waals surface area contributed by atoms with Gasteiger partial charge in [-0.2, -0.15) is 0 Å². The molecule has 7 nitrogen and oxygen atoms in total. The van der Waals surface area contributed by atoms with Crippen LogP contribution in [0.3, 0.4) is 0 Å². The molecular formula is C21H20N4O3. The molecule has 2 aromatic carbocycles. The van der Waals surface area contributed by atoms with Gasteiger partial charge in [0, 0.05) is 48.1 Å². The second-order valence-corrected chi connectivity index (χ2v) is 6.77. The minimum Gasteiger partial charge on any atom is -0.496 e. The van der Waals surface area contributed by atoms with E-state index in [0.29, 0.717) is 11.4 Å². The second kappa shape index (κ2) is 7.26. The van der Waals surface area contributed by atoms with Crippen LogP contribution in [0.4, 0.5) is 11.5 Å². The van der Waals surface area contributed by atoms with Gasteiger partial charge in [-0.25, -0.2) is 9.97 Å². The molecule has 0 saturated heterocycles. The lowest BCUT2D eigenvalue weighted by molar-refractivity contribution is -0.384. The van der Waals surface area contributed by atoms with Crippen LogP contribution < -0.4 is 9.64 Å². The Morgan fingerprint density at radius 1 is 1.14 bits per heavy atom. The lowest BCUT2D eigenvalue weighted by atomic mass is 9.98. The van der Waals surface area contributed by atoms with Crippen molar-refractivity contribution >= 4 is 11.5 Å². The van der Waals surface area contributed by atoms with Gasteiger partial charge < -0.3 is 9.64 Å². The Morgan fingerprint density at radius 2 is 1.96 bits per heavy atom. The second-order valence-electron chi connectivity index (χ2n) is 6.77. The van der Waals surface area contributed by atoms with Gasteiger partial charge in [0.2, 0.25) is 0 Å². The maximum Gasteiger partial charge on any atom is 0.270 e. The van der Waals surface area contributed by atoms with Gasteiger partial charge >= 0.3 is 0 Å². The third kappa shape index (κ3) is 3.38. The first-order chi connectivity index (χ1) is 13.5. The molecule has 0 amide bonds. The Labute approximate surface area is 162 Å². The number of nitrogens with zero attached hydrogens (tertiary/aromatic N) is 4. The monoisotopic (exact) mass is 376 g/mol. The van der Waals surface area contributed by atoms with Crippen LogP contribution in [0, 0.1) is 17.0 Å². The van der Waals surface area contributed by atoms with Gasteiger partial charge in [-0.05, 0) is 25.0 Å². The van der Waals surface area contributed by atoms with Gasteiger partial charge in [0.1, 0.15) is 11.6 Å². The van der Waals surface area contributed by atoms with E-state index in [4.69, 9.17) is 9.72 Å². The zero-order valence-corrected chi connectivity index (χ0v) is 15.8. The Kier molecular flexibility index (Phi) is 4.65. The Bertz CT molecular complexity index is 1050. The maximum atomic E-state index is 11.1. The van der Waals surface area contributed by atoms with Gasteiger partial charge in [-0.1, -0.05) is 24.3 Å². The van der Waals surface area contributed by atoms with Crippen LogP contribution in [0.5, 0.6) is 5.75 Å². The number of nitro benzene ring substituents is 1. The van der Waals surface area contributed by atoms with E-state index in [2.05, 4.69) is 16.0 Å². The summed E-state index contributed by atoms with van der Waals surface area (Å²) in [5.41, 5.74) is 3.95. The lowest BCUT2D eigenvalue weighted by Crippen LogP contribution is -2.31. The first-order valence-corrected chi connectivity index (χ1v) is 9.05. The molecule has 0 unspecified atom stereocenters. The largest absolute Gasteiger partial charge is 0.496 e. The van der Waals surface area contributed by atoms with E-state index >= 15 is 0 Å². The van der Waals surface area contributed by atoms with Crippen LogP contribution in [0.1, 0.15) is 16.8 Å². The molecule has 0 saturated carbocycles. The van der Waals surface area contributed by atoms with Crippen molar-refractivity contribution in [1.29, 1.82) is 0 Å². The molecule has 28 heavy (non-hydrogen) atoms. The van der Waals surface area contributed by atoms with Crippen molar-refractivity contribution in [2.24, 2.45) is 0 Å². The van der Waals surface area contributed by atoms with Gasteiger partial charge in [0.05, 0.1) is 12.0 Å². The molecule has 7 heteroatoms. The number of aryl methyl sites for hydroxylation is 1. The summed E-state index contributed by atoms with van der Waals surface area (Å²) < 4.78 is 5.48.